The van der Waals surface area contributed by atoms with Gasteiger partial charge in [0.25, 0.3) is 0 Å². The largest absolute Gasteiger partial charge is 0.438 e. The number of ether oxygens (including phenoxy) is 1. The van der Waals surface area contributed by atoms with Gasteiger partial charge in [-0.3, -0.25) is 4.79 Å². The van der Waals surface area contributed by atoms with Gasteiger partial charge in [0, 0.05) is 24.8 Å². The summed E-state index contributed by atoms with van der Waals surface area (Å²) in [5.74, 6) is 0.676. The number of oxazole rings is 1. The molecule has 1 aliphatic heterocycles. The van der Waals surface area contributed by atoms with Gasteiger partial charge in [-0.05, 0) is 44.5 Å². The second-order valence-electron chi connectivity index (χ2n) is 5.79. The minimum absolute atomic E-state index is 0.0632. The second-order valence-corrected chi connectivity index (χ2v) is 5.79. The Balaban J connectivity index is 1.71. The summed E-state index contributed by atoms with van der Waals surface area (Å²) in [6.07, 6.45) is 1.75. The summed E-state index contributed by atoms with van der Waals surface area (Å²) >= 11 is 0. The third-order valence-corrected chi connectivity index (χ3v) is 3.96. The fraction of sp³-hybridized carbons (Fsp3) is 0.500. The molecule has 0 aliphatic carbocycles. The van der Waals surface area contributed by atoms with Crippen molar-refractivity contribution in [3.63, 3.8) is 0 Å². The molecule has 2 N–H and O–H groups in total. The molecular formula is C16H21N3O3. The molecule has 0 radical (unpaired) electrons. The Morgan fingerprint density at radius 3 is 3.18 bits per heavy atom. The van der Waals surface area contributed by atoms with Gasteiger partial charge in [-0.15, -0.1) is 0 Å². The molecule has 2 heterocycles. The van der Waals surface area contributed by atoms with E-state index in [1.54, 1.807) is 7.11 Å². The molecule has 0 spiro atoms. The van der Waals surface area contributed by atoms with E-state index in [-0.39, 0.29) is 11.8 Å². The van der Waals surface area contributed by atoms with Crippen molar-refractivity contribution in [2.75, 3.05) is 19.0 Å². The number of anilines is 1. The highest BCUT2D eigenvalue weighted by Crippen LogP contribution is 2.22. The van der Waals surface area contributed by atoms with E-state index >= 15 is 0 Å². The quantitative estimate of drug-likeness (QED) is 0.906. The van der Waals surface area contributed by atoms with Crippen LogP contribution in [0.4, 0.5) is 5.69 Å². The van der Waals surface area contributed by atoms with E-state index in [0.29, 0.717) is 24.1 Å². The normalized spacial score (nSPS) is 21.9. The highest BCUT2D eigenvalue weighted by molar-refractivity contribution is 5.94. The van der Waals surface area contributed by atoms with Crippen LogP contribution in [0.1, 0.15) is 25.7 Å². The smallest absolute Gasteiger partial charge is 0.227 e. The molecule has 1 aromatic carbocycles. The lowest BCUT2D eigenvalue weighted by Crippen LogP contribution is -2.40. The maximum absolute atomic E-state index is 12.4. The Morgan fingerprint density at radius 2 is 2.41 bits per heavy atom. The minimum atomic E-state index is 0.0632. The molecule has 118 valence electrons. The van der Waals surface area contributed by atoms with E-state index in [1.807, 2.05) is 18.2 Å². The van der Waals surface area contributed by atoms with Gasteiger partial charge in [0.2, 0.25) is 11.8 Å². The maximum atomic E-state index is 12.4. The molecule has 1 aromatic heterocycles. The molecule has 2 aromatic rings. The first-order valence-corrected chi connectivity index (χ1v) is 7.58. The number of nitrogens with zero attached hydrogens (tertiary/aromatic N) is 1. The van der Waals surface area contributed by atoms with Crippen LogP contribution in [0.5, 0.6) is 0 Å². The van der Waals surface area contributed by atoms with Gasteiger partial charge in [0.05, 0.1) is 0 Å². The lowest BCUT2D eigenvalue weighted by Gasteiger charge is -2.27. The zero-order valence-corrected chi connectivity index (χ0v) is 12.9. The molecule has 0 bridgehead atoms. The van der Waals surface area contributed by atoms with Crippen molar-refractivity contribution in [2.24, 2.45) is 5.92 Å². The molecule has 1 fully saturated rings. The van der Waals surface area contributed by atoms with Gasteiger partial charge in [0.1, 0.15) is 12.1 Å². The predicted molar refractivity (Wildman–Crippen MR) is 83.5 cm³/mol. The molecule has 0 saturated carbocycles. The number of aromatic nitrogens is 1. The number of carbonyl (C=O) groups excluding carboxylic acids is 1. The van der Waals surface area contributed by atoms with Crippen LogP contribution in [0.3, 0.4) is 0 Å². The molecule has 6 heteroatoms. The zero-order valence-electron chi connectivity index (χ0n) is 12.9. The average molecular weight is 303 g/mol. The van der Waals surface area contributed by atoms with Crippen LogP contribution < -0.4 is 10.6 Å². The van der Waals surface area contributed by atoms with E-state index in [4.69, 9.17) is 9.15 Å². The number of benzene rings is 1. The molecule has 1 amide bonds. The number of carbonyl (C=O) groups is 1. The number of amides is 1. The SMILES string of the molecule is COCc1nc2cc(NC(=O)[C@H]3CCN[C@@H](C)C3)ccc2o1. The Labute approximate surface area is 129 Å². The average Bonchev–Trinajstić information content (AvgIpc) is 2.89. The highest BCUT2D eigenvalue weighted by atomic mass is 16.5. The number of rotatable bonds is 4. The number of hydrogen-bond donors (Lipinski definition) is 2. The summed E-state index contributed by atoms with van der Waals surface area (Å²) in [6, 6.07) is 5.88. The Hall–Kier alpha value is -1.92. The van der Waals surface area contributed by atoms with Gasteiger partial charge < -0.3 is 19.8 Å². The van der Waals surface area contributed by atoms with Gasteiger partial charge in [-0.25, -0.2) is 4.98 Å². The Morgan fingerprint density at radius 1 is 1.55 bits per heavy atom. The fourth-order valence-corrected chi connectivity index (χ4v) is 2.85. The van der Waals surface area contributed by atoms with Crippen LogP contribution in [0.25, 0.3) is 11.1 Å². The number of methoxy groups -OCH3 is 1. The lowest BCUT2D eigenvalue weighted by atomic mass is 9.92. The summed E-state index contributed by atoms with van der Waals surface area (Å²) in [5, 5.41) is 6.34. The van der Waals surface area contributed by atoms with Crippen LogP contribution in [0.15, 0.2) is 22.6 Å². The molecule has 2 atom stereocenters. The van der Waals surface area contributed by atoms with Crippen LogP contribution in [0.2, 0.25) is 0 Å². The Kier molecular flexibility index (Phi) is 4.40. The summed E-state index contributed by atoms with van der Waals surface area (Å²) < 4.78 is 10.6. The standard InChI is InChI=1S/C16H21N3O3/c1-10-7-11(5-6-17-10)16(20)18-12-3-4-14-13(8-12)19-15(22-14)9-21-2/h3-4,8,10-11,17H,5-7,9H2,1-2H3,(H,18,20)/t10-,11-/m0/s1. The van der Waals surface area contributed by atoms with Crippen molar-refractivity contribution in [1.82, 2.24) is 10.3 Å². The molecule has 0 unspecified atom stereocenters. The molecule has 6 nitrogen and oxygen atoms in total. The van der Waals surface area contributed by atoms with Crippen LogP contribution in [-0.4, -0.2) is 30.6 Å². The van der Waals surface area contributed by atoms with Crippen LogP contribution in [-0.2, 0) is 16.1 Å². The minimum Gasteiger partial charge on any atom is -0.438 e. The first-order chi connectivity index (χ1) is 10.7. The zero-order chi connectivity index (χ0) is 15.5. The molecule has 1 saturated heterocycles. The van der Waals surface area contributed by atoms with Gasteiger partial charge in [-0.2, -0.15) is 0 Å². The van der Waals surface area contributed by atoms with E-state index in [0.717, 1.165) is 30.6 Å². The third kappa shape index (κ3) is 3.28. The van der Waals surface area contributed by atoms with Gasteiger partial charge in [-0.1, -0.05) is 0 Å². The highest BCUT2D eigenvalue weighted by Gasteiger charge is 2.24. The van der Waals surface area contributed by atoms with E-state index in [9.17, 15) is 4.79 Å². The van der Waals surface area contributed by atoms with Crippen molar-refractivity contribution in [3.05, 3.63) is 24.1 Å². The van der Waals surface area contributed by atoms with Crippen molar-refractivity contribution in [1.29, 1.82) is 0 Å². The van der Waals surface area contributed by atoms with Gasteiger partial charge in [0.15, 0.2) is 5.58 Å². The van der Waals surface area contributed by atoms with Gasteiger partial charge >= 0.3 is 0 Å². The first kappa shape index (κ1) is 15.0. The second kappa shape index (κ2) is 6.46. The van der Waals surface area contributed by atoms with Crippen molar-refractivity contribution >= 4 is 22.7 Å². The summed E-state index contributed by atoms with van der Waals surface area (Å²) in [7, 11) is 1.60. The number of piperidine rings is 1. The number of fused-ring (bicyclic) bond motifs is 1. The van der Waals surface area contributed by atoms with E-state index in [1.165, 1.54) is 0 Å². The van der Waals surface area contributed by atoms with E-state index in [2.05, 4.69) is 22.5 Å². The summed E-state index contributed by atoms with van der Waals surface area (Å²) in [4.78, 5) is 16.7. The molecule has 3 rings (SSSR count). The predicted octanol–water partition coefficient (Wildman–Crippen LogP) is 2.30. The lowest BCUT2D eigenvalue weighted by molar-refractivity contribution is -0.120. The van der Waals surface area contributed by atoms with Crippen LogP contribution >= 0.6 is 0 Å². The monoisotopic (exact) mass is 303 g/mol. The number of nitrogens with one attached hydrogen (secondary N) is 2. The Bertz CT molecular complexity index is 668. The van der Waals surface area contributed by atoms with Crippen molar-refractivity contribution < 1.29 is 13.9 Å². The van der Waals surface area contributed by atoms with Crippen LogP contribution in [0, 0.1) is 5.92 Å². The topological polar surface area (TPSA) is 76.4 Å². The number of hydrogen-bond acceptors (Lipinski definition) is 5. The van der Waals surface area contributed by atoms with Crippen molar-refractivity contribution in [3.8, 4) is 0 Å². The fourth-order valence-electron chi connectivity index (χ4n) is 2.85. The third-order valence-electron chi connectivity index (χ3n) is 3.96. The maximum Gasteiger partial charge on any atom is 0.227 e. The van der Waals surface area contributed by atoms with E-state index < -0.39 is 0 Å². The molecular weight excluding hydrogens is 282 g/mol. The summed E-state index contributed by atoms with van der Waals surface area (Å²) in [6.45, 7) is 3.34. The molecule has 22 heavy (non-hydrogen) atoms. The summed E-state index contributed by atoms with van der Waals surface area (Å²) in [5.41, 5.74) is 2.17. The molecule has 1 aliphatic rings. The van der Waals surface area contributed by atoms with Crippen molar-refractivity contribution in [2.45, 2.75) is 32.4 Å². The first-order valence-electron chi connectivity index (χ1n) is 7.58.